The van der Waals surface area contributed by atoms with E-state index in [4.69, 9.17) is 34.8 Å². The van der Waals surface area contributed by atoms with Gasteiger partial charge in [-0.15, -0.1) is 0 Å². The molecule has 0 aliphatic heterocycles. The molecule has 0 fully saturated rings. The van der Waals surface area contributed by atoms with Crippen molar-refractivity contribution in [3.8, 4) is 0 Å². The third-order valence-corrected chi connectivity index (χ3v) is 3.30. The molecule has 68 valence electrons. The van der Waals surface area contributed by atoms with Gasteiger partial charge in [0.1, 0.15) is 5.82 Å². The Labute approximate surface area is 89.9 Å². The van der Waals surface area contributed by atoms with Crippen LogP contribution in [0.3, 0.4) is 0 Å². The molecule has 13 heavy (non-hydrogen) atoms. The summed E-state index contributed by atoms with van der Waals surface area (Å²) in [6, 6.07) is 5.88. The highest BCUT2D eigenvalue weighted by atomic mass is 35.5. The van der Waals surface area contributed by atoms with E-state index >= 15 is 0 Å². The van der Waals surface area contributed by atoms with E-state index in [1.54, 1.807) is 12.1 Å². The van der Waals surface area contributed by atoms with Crippen LogP contribution in [0.5, 0.6) is 0 Å². The zero-order valence-corrected chi connectivity index (χ0v) is 8.59. The van der Waals surface area contributed by atoms with Crippen LogP contribution in [0.25, 0.3) is 5.57 Å². The maximum absolute atomic E-state index is 12.5. The van der Waals surface area contributed by atoms with Crippen molar-refractivity contribution in [1.82, 2.24) is 0 Å². The molecule has 1 aliphatic carbocycles. The Balaban J connectivity index is 2.35. The molecule has 1 aliphatic rings. The summed E-state index contributed by atoms with van der Waals surface area (Å²) in [5.74, 6) is -0.295. The molecule has 0 saturated carbocycles. The van der Waals surface area contributed by atoms with Gasteiger partial charge in [0.2, 0.25) is 0 Å². The second-order valence-electron chi connectivity index (χ2n) is 2.77. The van der Waals surface area contributed by atoms with Crippen LogP contribution in [0, 0.1) is 5.82 Å². The molecule has 4 heteroatoms. The van der Waals surface area contributed by atoms with Gasteiger partial charge in [-0.1, -0.05) is 46.9 Å². The van der Waals surface area contributed by atoms with Crippen molar-refractivity contribution in [2.24, 2.45) is 0 Å². The van der Waals surface area contributed by atoms with E-state index in [1.165, 1.54) is 12.1 Å². The second kappa shape index (κ2) is 2.88. The second-order valence-corrected chi connectivity index (χ2v) is 4.48. The smallest absolute Gasteiger partial charge is 0.180 e. The Hall–Kier alpha value is -0.240. The van der Waals surface area contributed by atoms with Crippen LogP contribution >= 0.6 is 34.8 Å². The van der Waals surface area contributed by atoms with Crippen LogP contribution in [0.2, 0.25) is 0 Å². The minimum atomic E-state index is -1.06. The quantitative estimate of drug-likeness (QED) is 0.649. The molecule has 0 radical (unpaired) electrons. The first-order valence-electron chi connectivity index (χ1n) is 3.58. The van der Waals surface area contributed by atoms with Crippen molar-refractivity contribution in [1.29, 1.82) is 0 Å². The summed E-state index contributed by atoms with van der Waals surface area (Å²) in [7, 11) is 0. The Bertz CT molecular complexity index is 378. The summed E-state index contributed by atoms with van der Waals surface area (Å²) >= 11 is 17.3. The van der Waals surface area contributed by atoms with Crippen LogP contribution in [0.15, 0.2) is 29.3 Å². The summed E-state index contributed by atoms with van der Waals surface area (Å²) in [5.41, 5.74) is 1.42. The lowest BCUT2D eigenvalue weighted by atomic mass is 10.2. The lowest BCUT2D eigenvalue weighted by molar-refractivity contribution is 0.627. The van der Waals surface area contributed by atoms with E-state index in [0.717, 1.165) is 5.56 Å². The van der Waals surface area contributed by atoms with Gasteiger partial charge in [-0.3, -0.25) is 0 Å². The maximum atomic E-state index is 12.5. The van der Waals surface area contributed by atoms with Gasteiger partial charge < -0.3 is 0 Å². The van der Waals surface area contributed by atoms with Crippen molar-refractivity contribution in [2.75, 3.05) is 0 Å². The molecule has 0 saturated heterocycles. The molecule has 1 aromatic carbocycles. The molecule has 0 bridgehead atoms. The van der Waals surface area contributed by atoms with Crippen molar-refractivity contribution >= 4 is 40.4 Å². The molecule has 0 nitrogen and oxygen atoms in total. The highest BCUT2D eigenvalue weighted by Gasteiger charge is 2.50. The highest BCUT2D eigenvalue weighted by Crippen LogP contribution is 2.60. The fourth-order valence-corrected chi connectivity index (χ4v) is 2.03. The predicted molar refractivity (Wildman–Crippen MR) is 53.6 cm³/mol. The Morgan fingerprint density at radius 1 is 1.08 bits per heavy atom. The van der Waals surface area contributed by atoms with E-state index in [-0.39, 0.29) is 5.82 Å². The number of halogens is 4. The molecule has 0 atom stereocenters. The number of allylic oxidation sites excluding steroid dienone is 2. The molecule has 1 aromatic rings. The average Bonchev–Trinajstić information content (AvgIpc) is 2.55. The first-order chi connectivity index (χ1) is 6.03. The minimum absolute atomic E-state index is 0.295. The van der Waals surface area contributed by atoms with Crippen LogP contribution in [-0.4, -0.2) is 4.33 Å². The van der Waals surface area contributed by atoms with E-state index in [1.807, 2.05) is 0 Å². The standard InChI is InChI=1S/C9H4Cl3F/c10-8-7(9(8,11)12)5-1-3-6(13)4-2-5/h1-4H. The van der Waals surface area contributed by atoms with Crippen LogP contribution in [0.4, 0.5) is 4.39 Å². The third kappa shape index (κ3) is 1.45. The SMILES string of the molecule is Fc1ccc(C2=C(Cl)C2(Cl)Cl)cc1. The van der Waals surface area contributed by atoms with E-state index in [2.05, 4.69) is 0 Å². The lowest BCUT2D eigenvalue weighted by Crippen LogP contribution is -1.91. The number of hydrogen-bond acceptors (Lipinski definition) is 0. The molecule has 0 aromatic heterocycles. The minimum Gasteiger partial charge on any atom is -0.207 e. The van der Waals surface area contributed by atoms with Crippen molar-refractivity contribution < 1.29 is 4.39 Å². The van der Waals surface area contributed by atoms with Gasteiger partial charge in [0.25, 0.3) is 0 Å². The van der Waals surface area contributed by atoms with Crippen LogP contribution in [-0.2, 0) is 0 Å². The van der Waals surface area contributed by atoms with E-state index in [0.29, 0.717) is 10.6 Å². The largest absolute Gasteiger partial charge is 0.207 e. The molecule has 0 spiro atoms. The summed E-state index contributed by atoms with van der Waals surface area (Å²) < 4.78 is 11.5. The lowest BCUT2D eigenvalue weighted by Gasteiger charge is -1.98. The zero-order chi connectivity index (χ0) is 9.64. The van der Waals surface area contributed by atoms with Gasteiger partial charge in [0.15, 0.2) is 4.33 Å². The Morgan fingerprint density at radius 3 is 1.92 bits per heavy atom. The van der Waals surface area contributed by atoms with Crippen LogP contribution in [0.1, 0.15) is 5.56 Å². The normalized spacial score (nSPS) is 19.1. The third-order valence-electron chi connectivity index (χ3n) is 1.88. The van der Waals surface area contributed by atoms with Gasteiger partial charge >= 0.3 is 0 Å². The number of benzene rings is 1. The molecule has 2 rings (SSSR count). The first-order valence-corrected chi connectivity index (χ1v) is 4.71. The zero-order valence-electron chi connectivity index (χ0n) is 6.32. The van der Waals surface area contributed by atoms with Crippen molar-refractivity contribution in [2.45, 2.75) is 4.33 Å². The van der Waals surface area contributed by atoms with Gasteiger partial charge in [-0.2, -0.15) is 0 Å². The highest BCUT2D eigenvalue weighted by molar-refractivity contribution is 6.69. The molecule has 0 amide bonds. The van der Waals surface area contributed by atoms with E-state index < -0.39 is 4.33 Å². The number of hydrogen-bond donors (Lipinski definition) is 0. The summed E-state index contributed by atoms with van der Waals surface area (Å²) in [5, 5.41) is 0.419. The predicted octanol–water partition coefficient (Wildman–Crippen LogP) is 3.96. The molecular weight excluding hydrogens is 233 g/mol. The van der Waals surface area contributed by atoms with Gasteiger partial charge in [-0.25, -0.2) is 4.39 Å². The van der Waals surface area contributed by atoms with Crippen molar-refractivity contribution in [3.05, 3.63) is 40.7 Å². The molecule has 0 N–H and O–H groups in total. The fraction of sp³-hybridized carbons (Fsp3) is 0.111. The van der Waals surface area contributed by atoms with Gasteiger partial charge in [-0.05, 0) is 17.7 Å². The Kier molecular flexibility index (Phi) is 2.06. The number of rotatable bonds is 1. The number of alkyl halides is 2. The molecule has 0 unspecified atom stereocenters. The first kappa shape index (κ1) is 9.32. The van der Waals surface area contributed by atoms with Crippen molar-refractivity contribution in [3.63, 3.8) is 0 Å². The van der Waals surface area contributed by atoms with E-state index in [9.17, 15) is 4.39 Å². The summed E-state index contributed by atoms with van der Waals surface area (Å²) in [6.45, 7) is 0. The molecular formula is C9H4Cl3F. The maximum Gasteiger partial charge on any atom is 0.180 e. The van der Waals surface area contributed by atoms with Gasteiger partial charge in [0.05, 0.1) is 5.03 Å². The van der Waals surface area contributed by atoms with Gasteiger partial charge in [0, 0.05) is 5.57 Å². The fourth-order valence-electron chi connectivity index (χ4n) is 1.13. The molecule has 0 heterocycles. The average molecular weight is 237 g/mol. The topological polar surface area (TPSA) is 0 Å². The monoisotopic (exact) mass is 236 g/mol. The summed E-state index contributed by atoms with van der Waals surface area (Å²) in [6.07, 6.45) is 0. The summed E-state index contributed by atoms with van der Waals surface area (Å²) in [4.78, 5) is 0. The van der Waals surface area contributed by atoms with Crippen LogP contribution < -0.4 is 0 Å². The Morgan fingerprint density at radius 2 is 1.54 bits per heavy atom.